The van der Waals surface area contributed by atoms with Crippen molar-refractivity contribution in [2.75, 3.05) is 5.32 Å². The molecule has 7 nitrogen and oxygen atoms in total. The van der Waals surface area contributed by atoms with Crippen LogP contribution in [-0.4, -0.2) is 31.7 Å². The summed E-state index contributed by atoms with van der Waals surface area (Å²) in [6, 6.07) is 8.96. The molecule has 2 N–H and O–H groups in total. The summed E-state index contributed by atoms with van der Waals surface area (Å²) in [5.41, 5.74) is 3.56. The Labute approximate surface area is 150 Å². The standard InChI is InChI=1S/C19H20N4O3/c1-11(19(25)26)8-13-4-6-15(7-5-13)21-18(24)14-9-16-12(2)22-23(3)17(16)20-10-14/h4-7,9-11H,8H2,1-3H3,(H,21,24)(H,25,26). The Balaban J connectivity index is 1.73. The van der Waals surface area contributed by atoms with E-state index in [1.54, 1.807) is 29.8 Å². The van der Waals surface area contributed by atoms with Crippen molar-refractivity contribution in [3.05, 3.63) is 53.3 Å². The highest BCUT2D eigenvalue weighted by atomic mass is 16.4. The summed E-state index contributed by atoms with van der Waals surface area (Å²) in [6.07, 6.45) is 1.98. The zero-order valence-electron chi connectivity index (χ0n) is 14.9. The number of anilines is 1. The van der Waals surface area contributed by atoms with Gasteiger partial charge in [0.25, 0.3) is 5.91 Å². The summed E-state index contributed by atoms with van der Waals surface area (Å²) in [4.78, 5) is 27.7. The van der Waals surface area contributed by atoms with Gasteiger partial charge in [0.2, 0.25) is 0 Å². The van der Waals surface area contributed by atoms with Gasteiger partial charge in [-0.25, -0.2) is 4.98 Å². The number of amides is 1. The number of benzene rings is 1. The number of aromatic nitrogens is 3. The number of carboxylic acid groups (broad SMARTS) is 1. The van der Waals surface area contributed by atoms with E-state index in [-0.39, 0.29) is 5.91 Å². The molecule has 1 amide bonds. The molecule has 0 aliphatic heterocycles. The first kappa shape index (κ1) is 17.6. The van der Waals surface area contributed by atoms with Crippen molar-refractivity contribution in [2.45, 2.75) is 20.3 Å². The first-order valence-electron chi connectivity index (χ1n) is 8.27. The van der Waals surface area contributed by atoms with Gasteiger partial charge in [0.1, 0.15) is 0 Å². The Morgan fingerprint density at radius 1 is 1.27 bits per heavy atom. The molecule has 0 bridgehead atoms. The summed E-state index contributed by atoms with van der Waals surface area (Å²) in [5.74, 6) is -1.53. The molecule has 1 atom stereocenters. The molecular formula is C19H20N4O3. The smallest absolute Gasteiger partial charge is 0.306 e. The van der Waals surface area contributed by atoms with Crippen LogP contribution in [-0.2, 0) is 18.3 Å². The molecular weight excluding hydrogens is 332 g/mol. The van der Waals surface area contributed by atoms with Gasteiger partial charge in [-0.3, -0.25) is 14.3 Å². The predicted molar refractivity (Wildman–Crippen MR) is 98.1 cm³/mol. The highest BCUT2D eigenvalue weighted by Crippen LogP contribution is 2.18. The number of hydrogen-bond donors (Lipinski definition) is 2. The van der Waals surface area contributed by atoms with Crippen LogP contribution in [0.2, 0.25) is 0 Å². The molecule has 0 fully saturated rings. The lowest BCUT2D eigenvalue weighted by molar-refractivity contribution is -0.141. The molecule has 26 heavy (non-hydrogen) atoms. The first-order chi connectivity index (χ1) is 12.3. The van der Waals surface area contributed by atoms with E-state index >= 15 is 0 Å². The lowest BCUT2D eigenvalue weighted by Crippen LogP contribution is -2.13. The van der Waals surface area contributed by atoms with E-state index < -0.39 is 11.9 Å². The van der Waals surface area contributed by atoms with Gasteiger partial charge in [-0.1, -0.05) is 19.1 Å². The number of hydrogen-bond acceptors (Lipinski definition) is 4. The fraction of sp³-hybridized carbons (Fsp3) is 0.263. The van der Waals surface area contributed by atoms with Crippen LogP contribution in [0.4, 0.5) is 5.69 Å². The molecule has 1 aromatic carbocycles. The Morgan fingerprint density at radius 2 is 1.96 bits per heavy atom. The molecule has 0 saturated heterocycles. The molecule has 2 aromatic heterocycles. The largest absolute Gasteiger partial charge is 0.481 e. The summed E-state index contributed by atoms with van der Waals surface area (Å²) >= 11 is 0. The second-order valence-corrected chi connectivity index (χ2v) is 6.40. The molecule has 134 valence electrons. The molecule has 0 spiro atoms. The second-order valence-electron chi connectivity index (χ2n) is 6.40. The van der Waals surface area contributed by atoms with Crippen molar-refractivity contribution < 1.29 is 14.7 Å². The predicted octanol–water partition coefficient (Wildman–Crippen LogP) is 2.79. The topological polar surface area (TPSA) is 97.1 Å². The van der Waals surface area contributed by atoms with E-state index in [0.717, 1.165) is 22.3 Å². The number of carbonyl (C=O) groups is 2. The molecule has 2 heterocycles. The van der Waals surface area contributed by atoms with E-state index in [4.69, 9.17) is 5.11 Å². The lowest BCUT2D eigenvalue weighted by Gasteiger charge is -2.09. The van der Waals surface area contributed by atoms with Crippen molar-refractivity contribution >= 4 is 28.6 Å². The van der Waals surface area contributed by atoms with Crippen molar-refractivity contribution in [1.29, 1.82) is 0 Å². The number of fused-ring (bicyclic) bond motifs is 1. The van der Waals surface area contributed by atoms with Crippen molar-refractivity contribution in [2.24, 2.45) is 13.0 Å². The number of carboxylic acids is 1. The van der Waals surface area contributed by atoms with Gasteiger partial charge in [0, 0.05) is 24.3 Å². The molecule has 0 saturated carbocycles. The average molecular weight is 352 g/mol. The highest BCUT2D eigenvalue weighted by Gasteiger charge is 2.13. The number of aryl methyl sites for hydroxylation is 2. The summed E-state index contributed by atoms with van der Waals surface area (Å²) in [5, 5.41) is 16.9. The number of pyridine rings is 1. The molecule has 0 aliphatic carbocycles. The maximum absolute atomic E-state index is 12.5. The van der Waals surface area contributed by atoms with Crippen LogP contribution < -0.4 is 5.32 Å². The highest BCUT2D eigenvalue weighted by molar-refractivity contribution is 6.05. The number of carbonyl (C=O) groups excluding carboxylic acids is 1. The fourth-order valence-corrected chi connectivity index (χ4v) is 2.80. The third-order valence-electron chi connectivity index (χ3n) is 4.30. The Kier molecular flexibility index (Phi) is 4.71. The van der Waals surface area contributed by atoms with Crippen LogP contribution >= 0.6 is 0 Å². The summed E-state index contributed by atoms with van der Waals surface area (Å²) in [7, 11) is 1.81. The lowest BCUT2D eigenvalue weighted by atomic mass is 10.0. The summed E-state index contributed by atoms with van der Waals surface area (Å²) < 4.78 is 1.68. The number of rotatable bonds is 5. The minimum absolute atomic E-state index is 0.255. The van der Waals surface area contributed by atoms with Gasteiger partial charge in [0.15, 0.2) is 5.65 Å². The van der Waals surface area contributed by atoms with Gasteiger partial charge < -0.3 is 10.4 Å². The van der Waals surface area contributed by atoms with Crippen LogP contribution in [0.1, 0.15) is 28.5 Å². The second kappa shape index (κ2) is 6.95. The van der Waals surface area contributed by atoms with E-state index in [1.165, 1.54) is 6.20 Å². The monoisotopic (exact) mass is 352 g/mol. The Bertz CT molecular complexity index is 976. The molecule has 3 rings (SSSR count). The van der Waals surface area contributed by atoms with Gasteiger partial charge in [-0.2, -0.15) is 5.10 Å². The van der Waals surface area contributed by atoms with Gasteiger partial charge in [-0.05, 0) is 37.1 Å². The van der Waals surface area contributed by atoms with Gasteiger partial charge in [0.05, 0.1) is 17.2 Å². The van der Waals surface area contributed by atoms with Gasteiger partial charge in [-0.15, -0.1) is 0 Å². The zero-order chi connectivity index (χ0) is 18.8. The third-order valence-corrected chi connectivity index (χ3v) is 4.30. The van der Waals surface area contributed by atoms with Crippen LogP contribution in [0, 0.1) is 12.8 Å². The Hall–Kier alpha value is -3.22. The van der Waals surface area contributed by atoms with Crippen molar-refractivity contribution in [3.8, 4) is 0 Å². The maximum atomic E-state index is 12.5. The molecule has 7 heteroatoms. The molecule has 1 unspecified atom stereocenters. The Morgan fingerprint density at radius 3 is 2.62 bits per heavy atom. The zero-order valence-corrected chi connectivity index (χ0v) is 14.9. The van der Waals surface area contributed by atoms with Crippen LogP contribution in [0.3, 0.4) is 0 Å². The van der Waals surface area contributed by atoms with Crippen LogP contribution in [0.25, 0.3) is 11.0 Å². The first-order valence-corrected chi connectivity index (χ1v) is 8.27. The average Bonchev–Trinajstić information content (AvgIpc) is 2.90. The number of aliphatic carboxylic acids is 1. The fourth-order valence-electron chi connectivity index (χ4n) is 2.80. The quantitative estimate of drug-likeness (QED) is 0.736. The van der Waals surface area contributed by atoms with Crippen LogP contribution in [0.15, 0.2) is 36.5 Å². The molecule has 0 radical (unpaired) electrons. The minimum atomic E-state index is -0.823. The van der Waals surface area contributed by atoms with E-state index in [2.05, 4.69) is 15.4 Å². The van der Waals surface area contributed by atoms with Crippen molar-refractivity contribution in [3.63, 3.8) is 0 Å². The van der Waals surface area contributed by atoms with E-state index in [0.29, 0.717) is 17.7 Å². The van der Waals surface area contributed by atoms with E-state index in [9.17, 15) is 9.59 Å². The van der Waals surface area contributed by atoms with Crippen molar-refractivity contribution in [1.82, 2.24) is 14.8 Å². The SMILES string of the molecule is Cc1nn(C)c2ncc(C(=O)Nc3ccc(CC(C)C(=O)O)cc3)cc12. The van der Waals surface area contributed by atoms with Gasteiger partial charge >= 0.3 is 5.97 Å². The molecule has 0 aliphatic rings. The minimum Gasteiger partial charge on any atom is -0.481 e. The summed E-state index contributed by atoms with van der Waals surface area (Å²) in [6.45, 7) is 3.55. The third kappa shape index (κ3) is 3.56. The van der Waals surface area contributed by atoms with Crippen LogP contribution in [0.5, 0.6) is 0 Å². The number of nitrogens with one attached hydrogen (secondary N) is 1. The van der Waals surface area contributed by atoms with E-state index in [1.807, 2.05) is 26.1 Å². The molecule has 3 aromatic rings. The number of nitrogens with zero attached hydrogens (tertiary/aromatic N) is 3. The normalized spacial score (nSPS) is 12.1. The maximum Gasteiger partial charge on any atom is 0.306 e.